The highest BCUT2D eigenvalue weighted by molar-refractivity contribution is 5.96. The molecule has 0 radical (unpaired) electrons. The van der Waals surface area contributed by atoms with Crippen molar-refractivity contribution in [2.45, 2.75) is 25.8 Å². The van der Waals surface area contributed by atoms with E-state index in [1.54, 1.807) is 0 Å². The summed E-state index contributed by atoms with van der Waals surface area (Å²) >= 11 is 0. The molecule has 3 N–H and O–H groups in total. The summed E-state index contributed by atoms with van der Waals surface area (Å²) in [6, 6.07) is 14.2. The number of nitrogens with one attached hydrogen (secondary N) is 1. The Morgan fingerprint density at radius 1 is 1.14 bits per heavy atom. The van der Waals surface area contributed by atoms with Crippen molar-refractivity contribution in [3.8, 4) is 0 Å². The van der Waals surface area contributed by atoms with E-state index < -0.39 is 0 Å². The standard InChI is InChI=1S/C18H20N2O/c1-2-12-3-5-14(6-4-12)17(19)15-8-7-13-9-10-20-18(21)16(13)11-15/h3-8,11,17H,2,9-10,19H2,1H3,(H,20,21). The van der Waals surface area contributed by atoms with Crippen molar-refractivity contribution in [3.63, 3.8) is 0 Å². The number of fused-ring (bicyclic) bond motifs is 1. The van der Waals surface area contributed by atoms with Gasteiger partial charge in [-0.15, -0.1) is 0 Å². The molecular formula is C18H20N2O. The van der Waals surface area contributed by atoms with Gasteiger partial charge < -0.3 is 11.1 Å². The number of hydrogen-bond donors (Lipinski definition) is 2. The van der Waals surface area contributed by atoms with Crippen molar-refractivity contribution in [1.82, 2.24) is 5.32 Å². The van der Waals surface area contributed by atoms with Gasteiger partial charge in [0, 0.05) is 12.1 Å². The van der Waals surface area contributed by atoms with E-state index in [1.807, 2.05) is 18.2 Å². The maximum atomic E-state index is 11.9. The molecule has 3 rings (SSSR count). The van der Waals surface area contributed by atoms with E-state index in [0.29, 0.717) is 0 Å². The number of carbonyl (C=O) groups is 1. The molecule has 0 aromatic heterocycles. The fourth-order valence-corrected chi connectivity index (χ4v) is 2.78. The number of hydrogen-bond acceptors (Lipinski definition) is 2. The third-order valence-electron chi connectivity index (χ3n) is 4.16. The van der Waals surface area contributed by atoms with Crippen LogP contribution in [0.5, 0.6) is 0 Å². The minimum absolute atomic E-state index is 0.00614. The molecule has 0 fully saturated rings. The highest BCUT2D eigenvalue weighted by atomic mass is 16.1. The highest BCUT2D eigenvalue weighted by Crippen LogP contribution is 2.24. The second-order valence-electron chi connectivity index (χ2n) is 5.50. The lowest BCUT2D eigenvalue weighted by molar-refractivity contribution is 0.0946. The first-order valence-electron chi connectivity index (χ1n) is 7.44. The van der Waals surface area contributed by atoms with Gasteiger partial charge in [-0.05, 0) is 41.2 Å². The topological polar surface area (TPSA) is 55.1 Å². The van der Waals surface area contributed by atoms with Crippen LogP contribution < -0.4 is 11.1 Å². The molecular weight excluding hydrogens is 260 g/mol. The largest absolute Gasteiger partial charge is 0.352 e. The molecule has 2 aromatic rings. The van der Waals surface area contributed by atoms with Gasteiger partial charge in [-0.25, -0.2) is 0 Å². The molecule has 2 aromatic carbocycles. The van der Waals surface area contributed by atoms with E-state index in [9.17, 15) is 4.79 Å². The van der Waals surface area contributed by atoms with Gasteiger partial charge in [0.2, 0.25) is 0 Å². The summed E-state index contributed by atoms with van der Waals surface area (Å²) < 4.78 is 0. The fourth-order valence-electron chi connectivity index (χ4n) is 2.78. The van der Waals surface area contributed by atoms with Crippen LogP contribution in [0, 0.1) is 0 Å². The van der Waals surface area contributed by atoms with E-state index in [4.69, 9.17) is 5.73 Å². The summed E-state index contributed by atoms with van der Waals surface area (Å²) in [5.41, 5.74) is 11.6. The predicted octanol–water partition coefficient (Wildman–Crippen LogP) is 2.58. The summed E-state index contributed by atoms with van der Waals surface area (Å²) in [5, 5.41) is 2.88. The lowest BCUT2D eigenvalue weighted by Gasteiger charge is -2.19. The van der Waals surface area contributed by atoms with Crippen molar-refractivity contribution in [3.05, 3.63) is 70.3 Å². The summed E-state index contributed by atoms with van der Waals surface area (Å²) in [5.74, 6) is 0.00614. The van der Waals surface area contributed by atoms with Crippen LogP contribution in [-0.4, -0.2) is 12.5 Å². The lowest BCUT2D eigenvalue weighted by Crippen LogP contribution is -2.32. The smallest absolute Gasteiger partial charge is 0.251 e. The molecule has 1 amide bonds. The first kappa shape index (κ1) is 13.8. The van der Waals surface area contributed by atoms with Crippen LogP contribution in [-0.2, 0) is 12.8 Å². The van der Waals surface area contributed by atoms with E-state index in [1.165, 1.54) is 5.56 Å². The number of aryl methyl sites for hydroxylation is 1. The third-order valence-corrected chi connectivity index (χ3v) is 4.16. The normalized spacial score (nSPS) is 15.2. The van der Waals surface area contributed by atoms with Gasteiger partial charge >= 0.3 is 0 Å². The van der Waals surface area contributed by atoms with Crippen LogP contribution in [0.1, 0.15) is 45.6 Å². The van der Waals surface area contributed by atoms with Crippen molar-refractivity contribution >= 4 is 5.91 Å². The molecule has 1 aliphatic heterocycles. The number of benzene rings is 2. The lowest BCUT2D eigenvalue weighted by atomic mass is 9.92. The Bertz CT molecular complexity index is 661. The average Bonchev–Trinajstić information content (AvgIpc) is 2.54. The zero-order valence-corrected chi connectivity index (χ0v) is 12.2. The summed E-state index contributed by atoms with van der Waals surface area (Å²) in [4.78, 5) is 11.9. The molecule has 1 aliphatic rings. The Hall–Kier alpha value is -2.13. The van der Waals surface area contributed by atoms with E-state index in [-0.39, 0.29) is 11.9 Å². The first-order valence-corrected chi connectivity index (χ1v) is 7.44. The van der Waals surface area contributed by atoms with Gasteiger partial charge in [-0.3, -0.25) is 4.79 Å². The molecule has 1 unspecified atom stereocenters. The maximum Gasteiger partial charge on any atom is 0.251 e. The van der Waals surface area contributed by atoms with Crippen molar-refractivity contribution in [2.24, 2.45) is 5.73 Å². The molecule has 0 aliphatic carbocycles. The Morgan fingerprint density at radius 3 is 2.57 bits per heavy atom. The molecule has 1 heterocycles. The minimum atomic E-state index is -0.198. The maximum absolute atomic E-state index is 11.9. The summed E-state index contributed by atoms with van der Waals surface area (Å²) in [6.45, 7) is 2.85. The van der Waals surface area contributed by atoms with Crippen LogP contribution >= 0.6 is 0 Å². The van der Waals surface area contributed by atoms with E-state index in [2.05, 4.69) is 36.5 Å². The quantitative estimate of drug-likeness (QED) is 0.908. The number of carbonyl (C=O) groups excluding carboxylic acids is 1. The Labute approximate surface area is 125 Å². The molecule has 3 nitrogen and oxygen atoms in total. The second kappa shape index (κ2) is 5.70. The van der Waals surface area contributed by atoms with E-state index >= 15 is 0 Å². The van der Waals surface area contributed by atoms with Gasteiger partial charge in [0.1, 0.15) is 0 Å². The average molecular weight is 280 g/mol. The minimum Gasteiger partial charge on any atom is -0.352 e. The van der Waals surface area contributed by atoms with Gasteiger partial charge in [0.05, 0.1) is 6.04 Å². The first-order chi connectivity index (χ1) is 10.2. The molecule has 3 heteroatoms. The number of amides is 1. The second-order valence-corrected chi connectivity index (χ2v) is 5.50. The van der Waals surface area contributed by atoms with Gasteiger partial charge in [0.15, 0.2) is 0 Å². The SMILES string of the molecule is CCc1ccc(C(N)c2ccc3c(c2)C(=O)NCC3)cc1. The Morgan fingerprint density at radius 2 is 1.86 bits per heavy atom. The van der Waals surface area contributed by atoms with Crippen LogP contribution in [0.4, 0.5) is 0 Å². The van der Waals surface area contributed by atoms with Crippen LogP contribution in [0.2, 0.25) is 0 Å². The molecule has 21 heavy (non-hydrogen) atoms. The van der Waals surface area contributed by atoms with Crippen LogP contribution in [0.3, 0.4) is 0 Å². The number of rotatable bonds is 3. The fraction of sp³-hybridized carbons (Fsp3) is 0.278. The molecule has 0 saturated carbocycles. The molecule has 108 valence electrons. The van der Waals surface area contributed by atoms with Crippen molar-refractivity contribution in [2.75, 3.05) is 6.54 Å². The zero-order chi connectivity index (χ0) is 14.8. The van der Waals surface area contributed by atoms with Crippen LogP contribution in [0.15, 0.2) is 42.5 Å². The van der Waals surface area contributed by atoms with Gasteiger partial charge in [-0.1, -0.05) is 43.3 Å². The third kappa shape index (κ3) is 2.69. The Kier molecular flexibility index (Phi) is 3.76. The molecule has 0 saturated heterocycles. The highest BCUT2D eigenvalue weighted by Gasteiger charge is 2.18. The van der Waals surface area contributed by atoms with Gasteiger partial charge in [-0.2, -0.15) is 0 Å². The van der Waals surface area contributed by atoms with Crippen molar-refractivity contribution in [1.29, 1.82) is 0 Å². The van der Waals surface area contributed by atoms with Crippen LogP contribution in [0.25, 0.3) is 0 Å². The van der Waals surface area contributed by atoms with Gasteiger partial charge in [0.25, 0.3) is 5.91 Å². The summed E-state index contributed by atoms with van der Waals surface area (Å²) in [6.07, 6.45) is 1.91. The Balaban J connectivity index is 1.92. The monoisotopic (exact) mass is 280 g/mol. The van der Waals surface area contributed by atoms with E-state index in [0.717, 1.165) is 41.6 Å². The number of nitrogens with two attached hydrogens (primary N) is 1. The molecule has 0 bridgehead atoms. The molecule has 0 spiro atoms. The molecule has 1 atom stereocenters. The zero-order valence-electron chi connectivity index (χ0n) is 12.2. The predicted molar refractivity (Wildman–Crippen MR) is 84.3 cm³/mol. The summed E-state index contributed by atoms with van der Waals surface area (Å²) in [7, 11) is 0. The van der Waals surface area contributed by atoms with Crippen molar-refractivity contribution < 1.29 is 4.79 Å².